The zero-order valence-corrected chi connectivity index (χ0v) is 13.8. The average molecular weight is 328 g/mol. The van der Waals surface area contributed by atoms with E-state index >= 15 is 0 Å². The standard InChI is InChI=1S/C18H20N2O4/c1-3-23-17(21)16(18(22)24-4-2)11-20-14-8-7-13(10-19)15(9-14)12-5-6-12/h7-9,11-12,20H,3-6H2,1-2H3. The van der Waals surface area contributed by atoms with Crippen molar-refractivity contribution in [2.24, 2.45) is 0 Å². The fourth-order valence-corrected chi connectivity index (χ4v) is 2.26. The summed E-state index contributed by atoms with van der Waals surface area (Å²) in [5, 5.41) is 12.1. The number of nitrogens with one attached hydrogen (secondary N) is 1. The largest absolute Gasteiger partial charge is 0.462 e. The Bertz CT molecular complexity index is 679. The summed E-state index contributed by atoms with van der Waals surface area (Å²) in [4.78, 5) is 23.8. The molecule has 0 atom stereocenters. The van der Waals surface area contributed by atoms with E-state index in [9.17, 15) is 9.59 Å². The number of rotatable bonds is 7. The van der Waals surface area contributed by atoms with E-state index in [1.165, 1.54) is 6.20 Å². The van der Waals surface area contributed by atoms with E-state index < -0.39 is 11.9 Å². The lowest BCUT2D eigenvalue weighted by Gasteiger charge is -2.09. The fourth-order valence-electron chi connectivity index (χ4n) is 2.26. The van der Waals surface area contributed by atoms with Gasteiger partial charge in [-0.25, -0.2) is 9.59 Å². The van der Waals surface area contributed by atoms with Gasteiger partial charge in [-0.3, -0.25) is 0 Å². The molecule has 1 fully saturated rings. The van der Waals surface area contributed by atoms with Gasteiger partial charge in [0.25, 0.3) is 0 Å². The van der Waals surface area contributed by atoms with Gasteiger partial charge in [-0.2, -0.15) is 5.26 Å². The first-order valence-electron chi connectivity index (χ1n) is 7.95. The highest BCUT2D eigenvalue weighted by Crippen LogP contribution is 2.42. The first-order valence-corrected chi connectivity index (χ1v) is 7.95. The van der Waals surface area contributed by atoms with Crippen molar-refractivity contribution in [1.82, 2.24) is 0 Å². The molecule has 24 heavy (non-hydrogen) atoms. The third kappa shape index (κ3) is 4.35. The summed E-state index contributed by atoms with van der Waals surface area (Å²) in [5.74, 6) is -1.06. The summed E-state index contributed by atoms with van der Waals surface area (Å²) in [5.41, 5.74) is 2.14. The van der Waals surface area contributed by atoms with Crippen LogP contribution in [0.1, 0.15) is 43.7 Å². The second kappa shape index (κ2) is 8.16. The van der Waals surface area contributed by atoms with E-state index in [1.54, 1.807) is 26.0 Å². The summed E-state index contributed by atoms with van der Waals surface area (Å²) in [7, 11) is 0. The fraction of sp³-hybridized carbons (Fsp3) is 0.389. The van der Waals surface area contributed by atoms with Crippen LogP contribution in [0.25, 0.3) is 0 Å². The second-order valence-electron chi connectivity index (χ2n) is 5.33. The maximum Gasteiger partial charge on any atom is 0.347 e. The number of esters is 2. The Labute approximate surface area is 141 Å². The smallest absolute Gasteiger partial charge is 0.347 e. The van der Waals surface area contributed by atoms with Crippen LogP contribution < -0.4 is 5.32 Å². The van der Waals surface area contributed by atoms with E-state index in [4.69, 9.17) is 14.7 Å². The Balaban J connectivity index is 2.21. The van der Waals surface area contributed by atoms with E-state index in [0.29, 0.717) is 17.2 Å². The van der Waals surface area contributed by atoms with E-state index in [-0.39, 0.29) is 18.8 Å². The molecule has 0 aliphatic heterocycles. The predicted molar refractivity (Wildman–Crippen MR) is 88.1 cm³/mol. The topological polar surface area (TPSA) is 88.4 Å². The highest BCUT2D eigenvalue weighted by atomic mass is 16.6. The van der Waals surface area contributed by atoms with E-state index in [1.807, 2.05) is 6.07 Å². The number of hydrogen-bond acceptors (Lipinski definition) is 6. The van der Waals surface area contributed by atoms with E-state index in [2.05, 4.69) is 11.4 Å². The Kier molecular flexibility index (Phi) is 5.96. The van der Waals surface area contributed by atoms with Crippen LogP contribution in [0.4, 0.5) is 5.69 Å². The molecule has 6 heteroatoms. The van der Waals surface area contributed by atoms with Gasteiger partial charge >= 0.3 is 11.9 Å². The molecule has 0 amide bonds. The molecule has 1 aliphatic rings. The first kappa shape index (κ1) is 17.5. The highest BCUT2D eigenvalue weighted by molar-refractivity contribution is 6.14. The van der Waals surface area contributed by atoms with Crippen LogP contribution in [0.5, 0.6) is 0 Å². The Morgan fingerprint density at radius 1 is 1.25 bits per heavy atom. The molecule has 0 unspecified atom stereocenters. The van der Waals surface area contributed by atoms with Crippen molar-refractivity contribution in [2.75, 3.05) is 18.5 Å². The van der Waals surface area contributed by atoms with Crippen molar-refractivity contribution in [2.45, 2.75) is 32.6 Å². The Morgan fingerprint density at radius 2 is 1.88 bits per heavy atom. The zero-order valence-electron chi connectivity index (χ0n) is 13.8. The van der Waals surface area contributed by atoms with Crippen molar-refractivity contribution in [3.05, 3.63) is 41.1 Å². The SMILES string of the molecule is CCOC(=O)C(=CNc1ccc(C#N)c(C2CC2)c1)C(=O)OCC. The molecule has 0 spiro atoms. The number of benzene rings is 1. The van der Waals surface area contributed by atoms with Crippen molar-refractivity contribution in [3.63, 3.8) is 0 Å². The third-order valence-electron chi connectivity index (χ3n) is 3.56. The molecular weight excluding hydrogens is 308 g/mol. The lowest BCUT2D eigenvalue weighted by atomic mass is 10.0. The normalized spacial score (nSPS) is 12.7. The number of hydrogen-bond donors (Lipinski definition) is 1. The van der Waals surface area contributed by atoms with Crippen LogP contribution in [0.3, 0.4) is 0 Å². The summed E-state index contributed by atoms with van der Waals surface area (Å²) in [6.07, 6.45) is 3.43. The number of carbonyl (C=O) groups excluding carboxylic acids is 2. The lowest BCUT2D eigenvalue weighted by Crippen LogP contribution is -2.19. The van der Waals surface area contributed by atoms with Gasteiger partial charge in [0.05, 0.1) is 24.8 Å². The van der Waals surface area contributed by atoms with Crippen LogP contribution in [0.2, 0.25) is 0 Å². The number of carbonyl (C=O) groups is 2. The number of ether oxygens (including phenoxy) is 2. The van der Waals surface area contributed by atoms with Gasteiger partial charge in [-0.1, -0.05) is 0 Å². The maximum absolute atomic E-state index is 11.9. The van der Waals surface area contributed by atoms with Gasteiger partial charge < -0.3 is 14.8 Å². The number of anilines is 1. The maximum atomic E-state index is 11.9. The second-order valence-corrected chi connectivity index (χ2v) is 5.33. The molecule has 1 aromatic rings. The predicted octanol–water partition coefficient (Wildman–Crippen LogP) is 2.86. The lowest BCUT2D eigenvalue weighted by molar-refractivity contribution is -0.146. The minimum absolute atomic E-state index is 0.165. The van der Waals surface area contributed by atoms with Crippen LogP contribution in [-0.4, -0.2) is 25.2 Å². The summed E-state index contributed by atoms with van der Waals surface area (Å²) >= 11 is 0. The summed E-state index contributed by atoms with van der Waals surface area (Å²) in [6, 6.07) is 7.53. The molecule has 0 radical (unpaired) electrons. The van der Waals surface area contributed by atoms with Gasteiger partial charge in [-0.15, -0.1) is 0 Å². The Morgan fingerprint density at radius 3 is 2.38 bits per heavy atom. The van der Waals surface area contributed by atoms with E-state index in [0.717, 1.165) is 18.4 Å². The van der Waals surface area contributed by atoms with Crippen LogP contribution >= 0.6 is 0 Å². The van der Waals surface area contributed by atoms with Crippen molar-refractivity contribution < 1.29 is 19.1 Å². The monoisotopic (exact) mass is 328 g/mol. The van der Waals surface area contributed by atoms with Crippen molar-refractivity contribution >= 4 is 17.6 Å². The molecule has 126 valence electrons. The molecule has 2 rings (SSSR count). The summed E-state index contributed by atoms with van der Waals surface area (Å²) < 4.78 is 9.75. The minimum atomic E-state index is -0.737. The Hall–Kier alpha value is -2.81. The summed E-state index contributed by atoms with van der Waals surface area (Å²) in [6.45, 7) is 3.66. The van der Waals surface area contributed by atoms with Gasteiger partial charge in [0.1, 0.15) is 0 Å². The molecule has 1 aliphatic carbocycles. The molecule has 0 saturated heterocycles. The molecule has 0 aromatic heterocycles. The number of nitriles is 1. The highest BCUT2D eigenvalue weighted by Gasteiger charge is 2.26. The van der Waals surface area contributed by atoms with Crippen LogP contribution in [0, 0.1) is 11.3 Å². The van der Waals surface area contributed by atoms with Gasteiger partial charge in [-0.05, 0) is 56.4 Å². The molecule has 1 aromatic carbocycles. The first-order chi connectivity index (χ1) is 11.6. The molecule has 6 nitrogen and oxygen atoms in total. The molecular formula is C18H20N2O4. The minimum Gasteiger partial charge on any atom is -0.462 e. The quantitative estimate of drug-likeness (QED) is 0.358. The average Bonchev–Trinajstić information content (AvgIpc) is 3.40. The van der Waals surface area contributed by atoms with Crippen molar-refractivity contribution in [1.29, 1.82) is 5.26 Å². The van der Waals surface area contributed by atoms with Crippen molar-refractivity contribution in [3.8, 4) is 6.07 Å². The molecule has 1 saturated carbocycles. The van der Waals surface area contributed by atoms with Gasteiger partial charge in [0.2, 0.25) is 0 Å². The zero-order chi connectivity index (χ0) is 17.5. The van der Waals surface area contributed by atoms with Gasteiger partial charge in [0, 0.05) is 11.9 Å². The van der Waals surface area contributed by atoms with Crippen LogP contribution in [0.15, 0.2) is 30.0 Å². The van der Waals surface area contributed by atoms with Crippen LogP contribution in [-0.2, 0) is 19.1 Å². The number of nitrogens with zero attached hydrogens (tertiary/aromatic N) is 1. The molecule has 0 bridgehead atoms. The molecule has 0 heterocycles. The third-order valence-corrected chi connectivity index (χ3v) is 3.56. The van der Waals surface area contributed by atoms with Gasteiger partial charge in [0.15, 0.2) is 5.57 Å². The molecule has 1 N–H and O–H groups in total.